The lowest BCUT2D eigenvalue weighted by molar-refractivity contribution is 1.18. The van der Waals surface area contributed by atoms with Gasteiger partial charge in [-0.15, -0.1) is 0 Å². The number of benzene rings is 8. The molecular formula is C48H32N2. The van der Waals surface area contributed by atoms with Crippen LogP contribution in [0.3, 0.4) is 0 Å². The van der Waals surface area contributed by atoms with E-state index < -0.39 is 0 Å². The van der Waals surface area contributed by atoms with Crippen molar-refractivity contribution in [2.24, 2.45) is 0 Å². The highest BCUT2D eigenvalue weighted by Crippen LogP contribution is 2.39. The third-order valence-electron chi connectivity index (χ3n) is 10.00. The van der Waals surface area contributed by atoms with Crippen LogP contribution >= 0.6 is 0 Å². The summed E-state index contributed by atoms with van der Waals surface area (Å²) in [6.07, 6.45) is 0. The van der Waals surface area contributed by atoms with E-state index in [1.165, 1.54) is 16.7 Å². The SMILES string of the molecule is [2H]c1ccc2c(c1)c1cc(-c3ccc4c5cc([2H])ccc5n(-c5cccc(-c6ccccc6)c5)c4c3)ccc1n2-c1ccc(-c2ccccc2)cc1. The second kappa shape index (κ2) is 11.5. The molecule has 0 atom stereocenters. The maximum absolute atomic E-state index is 8.52. The van der Waals surface area contributed by atoms with E-state index >= 15 is 0 Å². The molecule has 2 heterocycles. The molecule has 0 N–H and O–H groups in total. The first-order chi connectivity index (χ1) is 25.6. The standard InChI is InChI=1S/C48H32N2/c1-3-12-33(13-4-1)35-22-26-39(27-23-35)49-46-21-10-8-19-42(46)44-31-37(25-29-47(44)49)38-24-28-43-41-18-7-9-20-45(41)50(48(43)32-38)40-17-11-16-36(30-40)34-14-5-2-6-15-34/h1-32H/i7D,8D. The summed E-state index contributed by atoms with van der Waals surface area (Å²) in [5, 5.41) is 4.36. The Morgan fingerprint density at radius 1 is 0.280 bits per heavy atom. The maximum atomic E-state index is 8.52. The number of nitrogens with zero attached hydrogens (tertiary/aromatic N) is 2. The van der Waals surface area contributed by atoms with Crippen molar-refractivity contribution in [3.63, 3.8) is 0 Å². The lowest BCUT2D eigenvalue weighted by Crippen LogP contribution is -1.95. The highest BCUT2D eigenvalue weighted by Gasteiger charge is 2.16. The van der Waals surface area contributed by atoms with Gasteiger partial charge in [0.25, 0.3) is 0 Å². The van der Waals surface area contributed by atoms with Crippen LogP contribution in [0.5, 0.6) is 0 Å². The van der Waals surface area contributed by atoms with Gasteiger partial charge in [-0.3, -0.25) is 0 Å². The van der Waals surface area contributed by atoms with Gasteiger partial charge in [0.2, 0.25) is 0 Å². The third-order valence-corrected chi connectivity index (χ3v) is 10.00. The molecule has 10 rings (SSSR count). The molecule has 0 bridgehead atoms. The molecule has 0 unspecified atom stereocenters. The highest BCUT2D eigenvalue weighted by molar-refractivity contribution is 6.12. The molecule has 0 saturated carbocycles. The number of fused-ring (bicyclic) bond motifs is 6. The largest absolute Gasteiger partial charge is 0.309 e. The van der Waals surface area contributed by atoms with Crippen LogP contribution in [0.2, 0.25) is 0 Å². The van der Waals surface area contributed by atoms with Crippen molar-refractivity contribution in [2.75, 3.05) is 0 Å². The number of para-hydroxylation sites is 2. The molecule has 0 aliphatic rings. The Morgan fingerprint density at radius 2 is 0.780 bits per heavy atom. The van der Waals surface area contributed by atoms with Gasteiger partial charge in [0.15, 0.2) is 0 Å². The zero-order valence-electron chi connectivity index (χ0n) is 29.2. The number of hydrogen-bond donors (Lipinski definition) is 0. The van der Waals surface area contributed by atoms with Crippen LogP contribution < -0.4 is 0 Å². The number of hydrogen-bond acceptors (Lipinski definition) is 0. The molecule has 2 heteroatoms. The van der Waals surface area contributed by atoms with E-state index in [1.54, 1.807) is 0 Å². The van der Waals surface area contributed by atoms with Gasteiger partial charge in [-0.25, -0.2) is 0 Å². The fourth-order valence-corrected chi connectivity index (χ4v) is 7.62. The molecule has 234 valence electrons. The van der Waals surface area contributed by atoms with Crippen LogP contribution in [-0.4, -0.2) is 9.13 Å². The Morgan fingerprint density at radius 3 is 1.50 bits per heavy atom. The van der Waals surface area contributed by atoms with Crippen molar-refractivity contribution in [2.45, 2.75) is 0 Å². The second-order valence-corrected chi connectivity index (χ2v) is 12.9. The van der Waals surface area contributed by atoms with Gasteiger partial charge in [0.05, 0.1) is 24.8 Å². The molecule has 8 aromatic carbocycles. The summed E-state index contributed by atoms with van der Waals surface area (Å²) in [5.41, 5.74) is 13.5. The van der Waals surface area contributed by atoms with Gasteiger partial charge in [0, 0.05) is 32.9 Å². The molecule has 0 saturated heterocycles. The van der Waals surface area contributed by atoms with Gasteiger partial charge in [-0.05, 0) is 88.0 Å². The molecule has 50 heavy (non-hydrogen) atoms. The average Bonchev–Trinajstić information content (AvgIpc) is 3.69. The predicted octanol–water partition coefficient (Wildman–Crippen LogP) is 12.9. The number of rotatable bonds is 5. The Bertz CT molecular complexity index is 2960. The van der Waals surface area contributed by atoms with Crippen LogP contribution in [0.25, 0.3) is 88.4 Å². The van der Waals surface area contributed by atoms with Crippen molar-refractivity contribution >= 4 is 43.6 Å². The van der Waals surface area contributed by atoms with Crippen molar-refractivity contribution in [1.29, 1.82) is 0 Å². The van der Waals surface area contributed by atoms with E-state index in [9.17, 15) is 0 Å². The maximum Gasteiger partial charge on any atom is 0.0623 e. The van der Waals surface area contributed by atoms with Crippen LogP contribution in [0, 0.1) is 0 Å². The fraction of sp³-hybridized carbons (Fsp3) is 0. The third kappa shape index (κ3) is 4.57. The van der Waals surface area contributed by atoms with Crippen molar-refractivity contribution in [3.05, 3.63) is 194 Å². The molecule has 0 aliphatic carbocycles. The normalized spacial score (nSPS) is 12.2. The van der Waals surface area contributed by atoms with E-state index in [-0.39, 0.29) is 0 Å². The summed E-state index contributed by atoms with van der Waals surface area (Å²) in [7, 11) is 0. The van der Waals surface area contributed by atoms with E-state index in [0.29, 0.717) is 12.1 Å². The topological polar surface area (TPSA) is 9.86 Å². The lowest BCUT2D eigenvalue weighted by atomic mass is 10.0. The zero-order chi connectivity index (χ0) is 34.8. The molecule has 0 fully saturated rings. The van der Waals surface area contributed by atoms with Crippen LogP contribution in [-0.2, 0) is 0 Å². The smallest absolute Gasteiger partial charge is 0.0623 e. The number of aromatic nitrogens is 2. The van der Waals surface area contributed by atoms with Crippen molar-refractivity contribution in [1.82, 2.24) is 9.13 Å². The van der Waals surface area contributed by atoms with E-state index in [0.717, 1.165) is 71.7 Å². The highest BCUT2D eigenvalue weighted by atomic mass is 15.0. The predicted molar refractivity (Wildman–Crippen MR) is 211 cm³/mol. The van der Waals surface area contributed by atoms with E-state index in [4.69, 9.17) is 2.74 Å². The first-order valence-electron chi connectivity index (χ1n) is 18.0. The molecule has 2 aromatic heterocycles. The Hall–Kier alpha value is -6.64. The summed E-state index contributed by atoms with van der Waals surface area (Å²) in [5.74, 6) is 0. The first-order valence-corrected chi connectivity index (χ1v) is 17.0. The molecule has 0 amide bonds. The van der Waals surface area contributed by atoms with Gasteiger partial charge in [0.1, 0.15) is 0 Å². The molecule has 0 radical (unpaired) electrons. The molecule has 2 nitrogen and oxygen atoms in total. The fourth-order valence-electron chi connectivity index (χ4n) is 7.62. The van der Waals surface area contributed by atoms with E-state index in [1.807, 2.05) is 36.4 Å². The molecule has 0 aliphatic heterocycles. The second-order valence-electron chi connectivity index (χ2n) is 12.9. The minimum absolute atomic E-state index is 0.494. The first kappa shape index (κ1) is 26.3. The lowest BCUT2D eigenvalue weighted by Gasteiger charge is -2.12. The summed E-state index contributed by atoms with van der Waals surface area (Å²) < 4.78 is 21.6. The van der Waals surface area contributed by atoms with Crippen LogP contribution in [0.4, 0.5) is 0 Å². The van der Waals surface area contributed by atoms with Gasteiger partial charge >= 0.3 is 0 Å². The Balaban J connectivity index is 1.14. The van der Waals surface area contributed by atoms with Gasteiger partial charge in [-0.1, -0.05) is 139 Å². The van der Waals surface area contributed by atoms with Crippen LogP contribution in [0.15, 0.2) is 194 Å². The average molecular weight is 639 g/mol. The molecule has 0 spiro atoms. The van der Waals surface area contributed by atoms with Crippen LogP contribution in [0.1, 0.15) is 2.74 Å². The molecular weight excluding hydrogens is 605 g/mol. The molecule has 10 aromatic rings. The Kier molecular flexibility index (Phi) is 6.06. The van der Waals surface area contributed by atoms with Gasteiger partial charge in [-0.2, -0.15) is 0 Å². The summed E-state index contributed by atoms with van der Waals surface area (Å²) >= 11 is 0. The quantitative estimate of drug-likeness (QED) is 0.178. The minimum Gasteiger partial charge on any atom is -0.309 e. The van der Waals surface area contributed by atoms with Crippen molar-refractivity contribution in [3.8, 4) is 44.8 Å². The summed E-state index contributed by atoms with van der Waals surface area (Å²) in [6.45, 7) is 0. The van der Waals surface area contributed by atoms with E-state index in [2.05, 4.69) is 155 Å². The van der Waals surface area contributed by atoms with Crippen molar-refractivity contribution < 1.29 is 2.74 Å². The zero-order valence-corrected chi connectivity index (χ0v) is 27.2. The summed E-state index contributed by atoms with van der Waals surface area (Å²) in [6, 6.07) is 64.6. The van der Waals surface area contributed by atoms with Gasteiger partial charge < -0.3 is 9.13 Å². The summed E-state index contributed by atoms with van der Waals surface area (Å²) in [4.78, 5) is 0. The monoisotopic (exact) mass is 638 g/mol. The minimum atomic E-state index is 0.494. The Labute approximate surface area is 293 Å².